The van der Waals surface area contributed by atoms with Crippen molar-refractivity contribution >= 4 is 24.1 Å². The molecule has 0 saturated carbocycles. The van der Waals surface area contributed by atoms with Gasteiger partial charge in [0.25, 0.3) is 0 Å². The Hall–Kier alpha value is -1.22. The highest BCUT2D eigenvalue weighted by atomic mass is 35.5. The van der Waals surface area contributed by atoms with Gasteiger partial charge in [0.15, 0.2) is 0 Å². The van der Waals surface area contributed by atoms with Crippen molar-refractivity contribution in [1.29, 1.82) is 0 Å². The van der Waals surface area contributed by atoms with E-state index in [9.17, 15) is 9.90 Å². The summed E-state index contributed by atoms with van der Waals surface area (Å²) in [5.74, 6) is -1.04. The molecule has 1 N–H and O–H groups in total. The van der Waals surface area contributed by atoms with Gasteiger partial charge in [-0.2, -0.15) is 0 Å². The van der Waals surface area contributed by atoms with E-state index >= 15 is 0 Å². The van der Waals surface area contributed by atoms with E-state index in [4.69, 9.17) is 0 Å². The summed E-state index contributed by atoms with van der Waals surface area (Å²) in [6.07, 6.45) is 0.526. The van der Waals surface area contributed by atoms with Crippen molar-refractivity contribution in [1.82, 2.24) is 0 Å². The van der Waals surface area contributed by atoms with Gasteiger partial charge in [0.05, 0.1) is 12.0 Å². The lowest BCUT2D eigenvalue weighted by Crippen LogP contribution is -2.39. The first-order valence-electron chi connectivity index (χ1n) is 3.82. The smallest absolute Gasteiger partial charge is 0.0699 e. The number of para-hydroxylation sites is 1. The normalized spacial score (nSPS) is 18.3. The molecule has 0 fully saturated rings. The van der Waals surface area contributed by atoms with E-state index in [0.717, 1.165) is 11.3 Å². The summed E-state index contributed by atoms with van der Waals surface area (Å²) in [6.45, 7) is 0. The van der Waals surface area contributed by atoms with Gasteiger partial charge in [0, 0.05) is 5.69 Å². The average molecular weight is 199 g/mol. The SMILES string of the molecule is Cl.O=C([O-])C1Cc2ccccc2N1. The highest BCUT2D eigenvalue weighted by molar-refractivity contribution is 5.85. The molecule has 0 saturated heterocycles. The number of carbonyl (C=O) groups excluding carboxylic acids is 1. The molecule has 1 aliphatic heterocycles. The van der Waals surface area contributed by atoms with Crippen LogP contribution in [-0.4, -0.2) is 12.0 Å². The molecule has 0 amide bonds. The third-order valence-electron chi connectivity index (χ3n) is 2.06. The molecule has 4 heteroatoms. The van der Waals surface area contributed by atoms with Gasteiger partial charge in [-0.15, -0.1) is 12.4 Å². The van der Waals surface area contributed by atoms with E-state index in [1.807, 2.05) is 24.3 Å². The number of fused-ring (bicyclic) bond motifs is 1. The van der Waals surface area contributed by atoms with Gasteiger partial charge in [0.1, 0.15) is 0 Å². The van der Waals surface area contributed by atoms with Crippen molar-refractivity contribution in [2.75, 3.05) is 5.32 Å². The number of benzene rings is 1. The first-order valence-corrected chi connectivity index (χ1v) is 3.82. The molecule has 13 heavy (non-hydrogen) atoms. The molecule has 3 nitrogen and oxygen atoms in total. The zero-order valence-corrected chi connectivity index (χ0v) is 7.64. The second-order valence-corrected chi connectivity index (χ2v) is 2.88. The van der Waals surface area contributed by atoms with Crippen molar-refractivity contribution in [3.63, 3.8) is 0 Å². The van der Waals surface area contributed by atoms with E-state index in [0.29, 0.717) is 6.42 Å². The Balaban J connectivity index is 0.000000845. The molecular formula is C9H9ClNO2-. The standard InChI is InChI=1S/C9H9NO2.ClH/c11-9(12)8-5-6-3-1-2-4-7(6)10-8;/h1-4,8,10H,5H2,(H,11,12);1H/p-1. The lowest BCUT2D eigenvalue weighted by molar-refractivity contribution is -0.306. The maximum absolute atomic E-state index is 10.5. The van der Waals surface area contributed by atoms with E-state index in [1.54, 1.807) is 0 Å². The molecule has 1 atom stereocenters. The molecule has 1 heterocycles. The largest absolute Gasteiger partial charge is 0.548 e. The molecule has 0 spiro atoms. The zero-order chi connectivity index (χ0) is 8.55. The van der Waals surface area contributed by atoms with Crippen LogP contribution in [0.2, 0.25) is 0 Å². The first-order chi connectivity index (χ1) is 5.77. The predicted molar refractivity (Wildman–Crippen MR) is 49.8 cm³/mol. The Morgan fingerprint density at radius 3 is 2.77 bits per heavy atom. The van der Waals surface area contributed by atoms with Crippen molar-refractivity contribution in [3.05, 3.63) is 29.8 Å². The fraction of sp³-hybridized carbons (Fsp3) is 0.222. The van der Waals surface area contributed by atoms with E-state index in [1.165, 1.54) is 0 Å². The summed E-state index contributed by atoms with van der Waals surface area (Å²) < 4.78 is 0. The van der Waals surface area contributed by atoms with E-state index in [-0.39, 0.29) is 12.4 Å². The molecule has 2 rings (SSSR count). The average Bonchev–Trinajstić information content (AvgIpc) is 2.46. The highest BCUT2D eigenvalue weighted by Gasteiger charge is 2.19. The van der Waals surface area contributed by atoms with Gasteiger partial charge in [-0.25, -0.2) is 0 Å². The summed E-state index contributed by atoms with van der Waals surface area (Å²) in [6, 6.07) is 7.02. The number of carboxylic acids is 1. The lowest BCUT2D eigenvalue weighted by atomic mass is 10.1. The number of halogens is 1. The van der Waals surface area contributed by atoms with Crippen molar-refractivity contribution in [2.24, 2.45) is 0 Å². The minimum Gasteiger partial charge on any atom is -0.548 e. The summed E-state index contributed by atoms with van der Waals surface area (Å²) in [7, 11) is 0. The fourth-order valence-electron chi connectivity index (χ4n) is 1.44. The molecule has 1 aromatic rings. The zero-order valence-electron chi connectivity index (χ0n) is 6.82. The number of carboxylic acid groups (broad SMARTS) is 1. The summed E-state index contributed by atoms with van der Waals surface area (Å²) in [4.78, 5) is 10.5. The Morgan fingerprint density at radius 1 is 1.46 bits per heavy atom. The Bertz CT molecular complexity index is 302. The molecule has 0 aliphatic carbocycles. The van der Waals surface area contributed by atoms with E-state index < -0.39 is 12.0 Å². The molecule has 0 aromatic heterocycles. The van der Waals surface area contributed by atoms with Crippen LogP contribution in [0.3, 0.4) is 0 Å². The van der Waals surface area contributed by atoms with E-state index in [2.05, 4.69) is 5.32 Å². The second kappa shape index (κ2) is 3.66. The van der Waals surface area contributed by atoms with Gasteiger partial charge in [0.2, 0.25) is 0 Å². The number of hydrogen-bond acceptors (Lipinski definition) is 3. The number of aliphatic carboxylic acids is 1. The van der Waals surface area contributed by atoms with Crippen LogP contribution in [0.4, 0.5) is 5.69 Å². The monoisotopic (exact) mass is 198 g/mol. The van der Waals surface area contributed by atoms with Crippen LogP contribution >= 0.6 is 12.4 Å². The number of rotatable bonds is 1. The highest BCUT2D eigenvalue weighted by Crippen LogP contribution is 2.24. The van der Waals surface area contributed by atoms with Crippen LogP contribution in [0.15, 0.2) is 24.3 Å². The van der Waals surface area contributed by atoms with Crippen LogP contribution in [0.1, 0.15) is 5.56 Å². The molecule has 0 radical (unpaired) electrons. The minimum atomic E-state index is -1.04. The third-order valence-corrected chi connectivity index (χ3v) is 2.06. The number of carbonyl (C=O) groups is 1. The molecule has 1 aromatic carbocycles. The maximum Gasteiger partial charge on any atom is 0.0699 e. The van der Waals surface area contributed by atoms with Gasteiger partial charge >= 0.3 is 0 Å². The van der Waals surface area contributed by atoms with Crippen LogP contribution in [0.5, 0.6) is 0 Å². The maximum atomic E-state index is 10.5. The molecular weight excluding hydrogens is 190 g/mol. The first kappa shape index (κ1) is 9.86. The minimum absolute atomic E-state index is 0. The third kappa shape index (κ3) is 1.75. The number of anilines is 1. The van der Waals surface area contributed by atoms with Crippen LogP contribution in [0.25, 0.3) is 0 Å². The van der Waals surface area contributed by atoms with Gasteiger partial charge in [-0.05, 0) is 18.1 Å². The molecule has 70 valence electrons. The lowest BCUT2D eigenvalue weighted by Gasteiger charge is -2.10. The summed E-state index contributed by atoms with van der Waals surface area (Å²) in [5, 5.41) is 13.4. The van der Waals surface area contributed by atoms with Gasteiger partial charge in [-0.1, -0.05) is 18.2 Å². The Kier molecular flexibility index (Phi) is 2.78. The van der Waals surface area contributed by atoms with Crippen molar-refractivity contribution < 1.29 is 9.90 Å². The van der Waals surface area contributed by atoms with Crippen LogP contribution in [0, 0.1) is 0 Å². The number of nitrogens with one attached hydrogen (secondary N) is 1. The topological polar surface area (TPSA) is 52.2 Å². The molecule has 1 aliphatic rings. The number of hydrogen-bond donors (Lipinski definition) is 1. The predicted octanol–water partition coefficient (Wildman–Crippen LogP) is 0.195. The molecule has 1 unspecified atom stereocenters. The summed E-state index contributed by atoms with van der Waals surface area (Å²) in [5.41, 5.74) is 1.96. The Morgan fingerprint density at radius 2 is 2.15 bits per heavy atom. The fourth-order valence-corrected chi connectivity index (χ4v) is 1.44. The van der Waals surface area contributed by atoms with Crippen molar-refractivity contribution in [3.8, 4) is 0 Å². The summed E-state index contributed by atoms with van der Waals surface area (Å²) >= 11 is 0. The van der Waals surface area contributed by atoms with Crippen LogP contribution < -0.4 is 10.4 Å². The Labute approximate surface area is 82.2 Å². The molecule has 0 bridgehead atoms. The van der Waals surface area contributed by atoms with Crippen molar-refractivity contribution in [2.45, 2.75) is 12.5 Å². The second-order valence-electron chi connectivity index (χ2n) is 2.88. The quantitative estimate of drug-likeness (QED) is 0.701. The van der Waals surface area contributed by atoms with Gasteiger partial charge in [-0.3, -0.25) is 0 Å². The van der Waals surface area contributed by atoms with Gasteiger partial charge < -0.3 is 15.2 Å². The van der Waals surface area contributed by atoms with Crippen LogP contribution in [-0.2, 0) is 11.2 Å².